The van der Waals surface area contributed by atoms with Crippen LogP contribution in [0.5, 0.6) is 5.75 Å². The van der Waals surface area contributed by atoms with E-state index >= 15 is 0 Å². The van der Waals surface area contributed by atoms with Crippen LogP contribution in [0, 0.1) is 13.8 Å². The Labute approximate surface area is 189 Å². The maximum absolute atomic E-state index is 5.82. The second-order valence-corrected chi connectivity index (χ2v) is 9.51. The average molecular weight is 441 g/mol. The van der Waals surface area contributed by atoms with Gasteiger partial charge in [-0.3, -0.25) is 4.48 Å². The summed E-state index contributed by atoms with van der Waals surface area (Å²) in [5, 5.41) is 6.25. The van der Waals surface area contributed by atoms with Crippen molar-refractivity contribution in [2.75, 3.05) is 40.2 Å². The number of rotatable bonds is 7. The number of aryl methyl sites for hydroxylation is 2. The fourth-order valence-corrected chi connectivity index (χ4v) is 5.87. The fraction of sp³-hybridized carbons (Fsp3) is 0.480. The topological polar surface area (TPSA) is 35.8 Å². The minimum atomic E-state index is 0.465. The molecular weight excluding hydrogens is 406 g/mol. The standard InChI is InChI=1S/C25H34N3O2S/c1-7-12-28(4,19-11-13-30-16-19)24-22-10-8-9-21(27(22)26-25(24)31-6)23-17(2)14-20(29-5)15-18(23)3/h8-10,14-15,19H,7,11-13,16H2,1-6H3/q+1. The number of methoxy groups -OCH3 is 1. The van der Waals surface area contributed by atoms with Crippen molar-refractivity contribution >= 4 is 23.0 Å². The number of fused-ring (bicyclic) bond motifs is 1. The summed E-state index contributed by atoms with van der Waals surface area (Å²) in [4.78, 5) is 0. The molecule has 6 heteroatoms. The lowest BCUT2D eigenvalue weighted by Gasteiger charge is -2.38. The van der Waals surface area contributed by atoms with Gasteiger partial charge in [-0.1, -0.05) is 13.0 Å². The zero-order valence-electron chi connectivity index (χ0n) is 19.6. The number of quaternary nitrogens is 1. The van der Waals surface area contributed by atoms with Crippen LogP contribution in [0.1, 0.15) is 30.9 Å². The number of hydrogen-bond acceptors (Lipinski definition) is 4. The third-order valence-corrected chi connectivity index (χ3v) is 7.36. The Kier molecular flexibility index (Phi) is 6.33. The first-order valence-electron chi connectivity index (χ1n) is 11.1. The molecule has 1 saturated heterocycles. The molecule has 0 N–H and O–H groups in total. The third kappa shape index (κ3) is 3.75. The summed E-state index contributed by atoms with van der Waals surface area (Å²) in [6.07, 6.45) is 4.35. The summed E-state index contributed by atoms with van der Waals surface area (Å²) in [6, 6.07) is 11.2. The van der Waals surface area contributed by atoms with Crippen molar-refractivity contribution in [1.29, 1.82) is 0 Å². The Morgan fingerprint density at radius 3 is 2.58 bits per heavy atom. The predicted molar refractivity (Wildman–Crippen MR) is 131 cm³/mol. The lowest BCUT2D eigenvalue weighted by atomic mass is 9.98. The van der Waals surface area contributed by atoms with E-state index < -0.39 is 0 Å². The first-order chi connectivity index (χ1) is 14.9. The summed E-state index contributed by atoms with van der Waals surface area (Å²) in [6.45, 7) is 9.32. The molecule has 0 radical (unpaired) electrons. The molecule has 0 aliphatic carbocycles. The molecule has 0 bridgehead atoms. The quantitative estimate of drug-likeness (QED) is 0.360. The van der Waals surface area contributed by atoms with E-state index in [1.807, 2.05) is 0 Å². The molecule has 2 unspecified atom stereocenters. The van der Waals surface area contributed by atoms with E-state index in [-0.39, 0.29) is 0 Å². The number of pyridine rings is 1. The van der Waals surface area contributed by atoms with E-state index in [0.29, 0.717) is 6.04 Å². The van der Waals surface area contributed by atoms with Gasteiger partial charge in [0, 0.05) is 12.0 Å². The molecule has 4 rings (SSSR count). The van der Waals surface area contributed by atoms with Gasteiger partial charge in [0.1, 0.15) is 17.3 Å². The predicted octanol–water partition coefficient (Wildman–Crippen LogP) is 5.48. The van der Waals surface area contributed by atoms with Gasteiger partial charge in [-0.05, 0) is 61.9 Å². The summed E-state index contributed by atoms with van der Waals surface area (Å²) in [5.74, 6) is 0.894. The van der Waals surface area contributed by atoms with E-state index in [2.05, 4.69) is 68.9 Å². The summed E-state index contributed by atoms with van der Waals surface area (Å²) in [7, 11) is 4.09. The zero-order valence-corrected chi connectivity index (χ0v) is 20.4. The van der Waals surface area contributed by atoms with Crippen LogP contribution >= 0.6 is 11.8 Å². The van der Waals surface area contributed by atoms with Crippen LogP contribution in [-0.4, -0.2) is 55.8 Å². The van der Waals surface area contributed by atoms with Gasteiger partial charge in [-0.25, -0.2) is 4.52 Å². The van der Waals surface area contributed by atoms with E-state index in [9.17, 15) is 0 Å². The highest BCUT2D eigenvalue weighted by atomic mass is 32.2. The molecule has 3 aromatic rings. The zero-order chi connectivity index (χ0) is 22.2. The molecular formula is C25H34N3O2S+. The van der Waals surface area contributed by atoms with Crippen LogP contribution in [0.4, 0.5) is 5.69 Å². The van der Waals surface area contributed by atoms with Gasteiger partial charge in [0.15, 0.2) is 10.7 Å². The number of ether oxygens (including phenoxy) is 2. The summed E-state index contributed by atoms with van der Waals surface area (Å²) < 4.78 is 14.3. The van der Waals surface area contributed by atoms with Crippen molar-refractivity contribution in [3.05, 3.63) is 41.5 Å². The van der Waals surface area contributed by atoms with Crippen molar-refractivity contribution in [2.45, 2.75) is 44.7 Å². The lowest BCUT2D eigenvalue weighted by Crippen LogP contribution is -2.54. The van der Waals surface area contributed by atoms with Crippen molar-refractivity contribution in [3.63, 3.8) is 0 Å². The molecule has 0 spiro atoms. The average Bonchev–Trinajstić information content (AvgIpc) is 3.42. The van der Waals surface area contributed by atoms with Crippen LogP contribution < -0.4 is 9.22 Å². The van der Waals surface area contributed by atoms with Crippen LogP contribution in [0.15, 0.2) is 35.4 Å². The molecule has 1 fully saturated rings. The van der Waals surface area contributed by atoms with Crippen LogP contribution in [0.25, 0.3) is 16.8 Å². The monoisotopic (exact) mass is 440 g/mol. The maximum atomic E-state index is 5.82. The van der Waals surface area contributed by atoms with Crippen molar-refractivity contribution in [2.24, 2.45) is 0 Å². The van der Waals surface area contributed by atoms with Crippen LogP contribution in [0.3, 0.4) is 0 Å². The van der Waals surface area contributed by atoms with Gasteiger partial charge in [-0.2, -0.15) is 5.10 Å². The molecule has 0 saturated carbocycles. The van der Waals surface area contributed by atoms with Crippen molar-refractivity contribution in [1.82, 2.24) is 14.1 Å². The molecule has 1 aliphatic heterocycles. The summed E-state index contributed by atoms with van der Waals surface area (Å²) in [5.41, 5.74) is 7.27. The first kappa shape index (κ1) is 22.2. The molecule has 5 nitrogen and oxygen atoms in total. The van der Waals surface area contributed by atoms with Crippen molar-refractivity contribution in [3.8, 4) is 17.0 Å². The number of benzene rings is 1. The van der Waals surface area contributed by atoms with Gasteiger partial charge >= 0.3 is 0 Å². The molecule has 2 atom stereocenters. The van der Waals surface area contributed by atoms with Gasteiger partial charge < -0.3 is 9.47 Å². The molecule has 0 amide bonds. The Balaban J connectivity index is 1.97. The van der Waals surface area contributed by atoms with Crippen LogP contribution in [0.2, 0.25) is 0 Å². The molecule has 2 aromatic heterocycles. The summed E-state index contributed by atoms with van der Waals surface area (Å²) >= 11 is 1.74. The lowest BCUT2D eigenvalue weighted by molar-refractivity contribution is 0.160. The Morgan fingerprint density at radius 2 is 2.00 bits per heavy atom. The first-order valence-corrected chi connectivity index (χ1v) is 12.3. The Morgan fingerprint density at radius 1 is 1.26 bits per heavy atom. The Bertz CT molecular complexity index is 1060. The van der Waals surface area contributed by atoms with Crippen LogP contribution in [-0.2, 0) is 4.74 Å². The van der Waals surface area contributed by atoms with E-state index in [0.717, 1.165) is 53.6 Å². The number of aromatic nitrogens is 2. The van der Waals surface area contributed by atoms with E-state index in [4.69, 9.17) is 14.6 Å². The number of hydrogen-bond donors (Lipinski definition) is 0. The minimum absolute atomic E-state index is 0.465. The fourth-order valence-electron chi connectivity index (χ4n) is 5.20. The van der Waals surface area contributed by atoms with Gasteiger partial charge in [-0.15, -0.1) is 11.8 Å². The number of thioether (sulfide) groups is 1. The molecule has 31 heavy (non-hydrogen) atoms. The molecule has 1 aromatic carbocycles. The highest BCUT2D eigenvalue weighted by Gasteiger charge is 2.41. The third-order valence-electron chi connectivity index (χ3n) is 6.70. The van der Waals surface area contributed by atoms with Gasteiger partial charge in [0.2, 0.25) is 0 Å². The molecule has 1 aliphatic rings. The SMILES string of the molecule is CCC[N+](C)(c1c(SC)nn2c(-c3c(C)cc(OC)cc3C)cccc12)C1CCOC1. The number of nitrogens with zero attached hydrogens (tertiary/aromatic N) is 3. The van der Waals surface area contributed by atoms with E-state index in [1.165, 1.54) is 27.9 Å². The van der Waals surface area contributed by atoms with Gasteiger partial charge in [0.05, 0.1) is 39.6 Å². The largest absolute Gasteiger partial charge is 0.497 e. The highest BCUT2D eigenvalue weighted by Crippen LogP contribution is 2.42. The molecule has 166 valence electrons. The maximum Gasteiger partial charge on any atom is 0.193 e. The smallest absolute Gasteiger partial charge is 0.193 e. The second kappa shape index (κ2) is 8.85. The molecule has 3 heterocycles. The van der Waals surface area contributed by atoms with Crippen molar-refractivity contribution < 1.29 is 9.47 Å². The number of likely N-dealkylation sites (N-methyl/N-ethyl adjacent to an activating group) is 1. The van der Waals surface area contributed by atoms with E-state index in [1.54, 1.807) is 18.9 Å². The minimum Gasteiger partial charge on any atom is -0.497 e. The normalized spacial score (nSPS) is 18.5. The second-order valence-electron chi connectivity index (χ2n) is 8.71. The highest BCUT2D eigenvalue weighted by molar-refractivity contribution is 7.98. The Hall–Kier alpha value is -2.02. The van der Waals surface area contributed by atoms with Gasteiger partial charge in [0.25, 0.3) is 0 Å².